The lowest BCUT2D eigenvalue weighted by Gasteiger charge is -2.39. The molecule has 0 radical (unpaired) electrons. The Morgan fingerprint density at radius 1 is 1.14 bits per heavy atom. The third-order valence-corrected chi connectivity index (χ3v) is 8.30. The lowest BCUT2D eigenvalue weighted by atomic mass is 9.65. The molecule has 1 aromatic rings. The summed E-state index contributed by atoms with van der Waals surface area (Å²) in [6, 6.07) is 7.91. The predicted octanol–water partition coefficient (Wildman–Crippen LogP) is 3.66. The highest BCUT2D eigenvalue weighted by atomic mass is 32.2. The number of amides is 1. The Kier molecular flexibility index (Phi) is 4.47. The van der Waals surface area contributed by atoms with Crippen LogP contribution >= 0.6 is 0 Å². The standard InChI is InChI=1S/C22H32N2O3S/c1-5-28(26,27)23-22(10-11-22)17-8-6-16(7-9-17)19(25)24-15-21(4)13-18(24)12-20(2,3)14-21/h6-9,18,23H,5,10-15H2,1-4H3. The maximum absolute atomic E-state index is 13.2. The Morgan fingerprint density at radius 2 is 1.79 bits per heavy atom. The van der Waals surface area contributed by atoms with Gasteiger partial charge in [-0.25, -0.2) is 13.1 Å². The monoisotopic (exact) mass is 404 g/mol. The van der Waals surface area contributed by atoms with Crippen LogP contribution in [0.3, 0.4) is 0 Å². The van der Waals surface area contributed by atoms with Crippen molar-refractivity contribution < 1.29 is 13.2 Å². The molecule has 2 aliphatic carbocycles. The van der Waals surface area contributed by atoms with Crippen LogP contribution in [0.15, 0.2) is 24.3 Å². The number of carbonyl (C=O) groups is 1. The molecule has 3 aliphatic rings. The second-order valence-corrected chi connectivity index (χ2v) is 12.3. The van der Waals surface area contributed by atoms with Crippen LogP contribution in [0.1, 0.15) is 75.7 Å². The summed E-state index contributed by atoms with van der Waals surface area (Å²) in [7, 11) is -3.26. The maximum atomic E-state index is 13.2. The molecule has 0 spiro atoms. The molecule has 1 saturated heterocycles. The van der Waals surface area contributed by atoms with E-state index >= 15 is 0 Å². The average Bonchev–Trinajstić information content (AvgIpc) is 3.32. The number of likely N-dealkylation sites (tertiary alicyclic amines) is 1. The Balaban J connectivity index is 1.51. The van der Waals surface area contributed by atoms with Crippen LogP contribution in [0.4, 0.5) is 0 Å². The number of nitrogens with one attached hydrogen (secondary N) is 1. The van der Waals surface area contributed by atoms with Crippen molar-refractivity contribution in [1.29, 1.82) is 0 Å². The van der Waals surface area contributed by atoms with Crippen molar-refractivity contribution in [3.05, 3.63) is 35.4 Å². The van der Waals surface area contributed by atoms with Crippen LogP contribution in [0.2, 0.25) is 0 Å². The van der Waals surface area contributed by atoms with Gasteiger partial charge in [-0.2, -0.15) is 0 Å². The van der Waals surface area contributed by atoms with Crippen molar-refractivity contribution in [2.75, 3.05) is 12.3 Å². The summed E-state index contributed by atoms with van der Waals surface area (Å²) in [6.45, 7) is 9.42. The van der Waals surface area contributed by atoms with E-state index in [2.05, 4.69) is 30.4 Å². The molecule has 1 amide bonds. The number of rotatable bonds is 5. The van der Waals surface area contributed by atoms with E-state index < -0.39 is 15.6 Å². The first-order chi connectivity index (χ1) is 13.0. The van der Waals surface area contributed by atoms with E-state index in [1.165, 1.54) is 6.42 Å². The molecule has 3 fully saturated rings. The number of hydrogen-bond acceptors (Lipinski definition) is 3. The zero-order valence-corrected chi connectivity index (χ0v) is 18.2. The summed E-state index contributed by atoms with van der Waals surface area (Å²) in [5.74, 6) is 0.188. The topological polar surface area (TPSA) is 66.5 Å². The summed E-state index contributed by atoms with van der Waals surface area (Å²) >= 11 is 0. The van der Waals surface area contributed by atoms with Gasteiger partial charge in [0.05, 0.1) is 11.3 Å². The molecule has 28 heavy (non-hydrogen) atoms. The molecule has 0 aromatic heterocycles. The van der Waals surface area contributed by atoms with Crippen LogP contribution in [0, 0.1) is 10.8 Å². The van der Waals surface area contributed by atoms with Gasteiger partial charge in [-0.15, -0.1) is 0 Å². The molecule has 6 heteroatoms. The van der Waals surface area contributed by atoms with Crippen molar-refractivity contribution in [2.45, 2.75) is 71.4 Å². The predicted molar refractivity (Wildman–Crippen MR) is 111 cm³/mol. The minimum Gasteiger partial charge on any atom is -0.335 e. The van der Waals surface area contributed by atoms with Gasteiger partial charge in [-0.3, -0.25) is 4.79 Å². The number of hydrogen-bond donors (Lipinski definition) is 1. The first kappa shape index (κ1) is 19.9. The Labute approximate surface area is 168 Å². The first-order valence-corrected chi connectivity index (χ1v) is 12.1. The van der Waals surface area contributed by atoms with Gasteiger partial charge in [0, 0.05) is 18.2 Å². The number of fused-ring (bicyclic) bond motifs is 2. The number of benzene rings is 1. The van der Waals surface area contributed by atoms with E-state index in [9.17, 15) is 13.2 Å². The zero-order valence-electron chi connectivity index (χ0n) is 17.4. The van der Waals surface area contributed by atoms with Crippen LogP contribution in [0.5, 0.6) is 0 Å². The van der Waals surface area contributed by atoms with Crippen molar-refractivity contribution in [3.8, 4) is 0 Å². The fourth-order valence-corrected chi connectivity index (χ4v) is 6.80. The lowest BCUT2D eigenvalue weighted by molar-refractivity contribution is 0.0708. The van der Waals surface area contributed by atoms with E-state index in [4.69, 9.17) is 0 Å². The maximum Gasteiger partial charge on any atom is 0.254 e. The molecule has 1 aromatic carbocycles. The van der Waals surface area contributed by atoms with E-state index in [0.717, 1.165) is 37.8 Å². The highest BCUT2D eigenvalue weighted by Crippen LogP contribution is 2.53. The number of nitrogens with zero attached hydrogens (tertiary/aromatic N) is 1. The van der Waals surface area contributed by atoms with E-state index in [1.54, 1.807) is 6.92 Å². The van der Waals surface area contributed by atoms with Gasteiger partial charge < -0.3 is 4.90 Å². The van der Waals surface area contributed by atoms with Crippen LogP contribution < -0.4 is 4.72 Å². The highest BCUT2D eigenvalue weighted by molar-refractivity contribution is 7.89. The van der Waals surface area contributed by atoms with Crippen LogP contribution in [-0.4, -0.2) is 37.6 Å². The van der Waals surface area contributed by atoms with E-state index in [1.807, 2.05) is 24.3 Å². The zero-order chi connectivity index (χ0) is 20.4. The van der Waals surface area contributed by atoms with Gasteiger partial charge in [0.25, 0.3) is 5.91 Å². The SMILES string of the molecule is CCS(=O)(=O)NC1(c2ccc(C(=O)N3CC4(C)CC3CC(C)(C)C4)cc2)CC1. The van der Waals surface area contributed by atoms with Crippen molar-refractivity contribution >= 4 is 15.9 Å². The molecule has 154 valence electrons. The van der Waals surface area contributed by atoms with Crippen LogP contribution in [0.25, 0.3) is 0 Å². The van der Waals surface area contributed by atoms with Gasteiger partial charge in [0.1, 0.15) is 0 Å². The second kappa shape index (κ2) is 6.30. The fraction of sp³-hybridized carbons (Fsp3) is 0.682. The summed E-state index contributed by atoms with van der Waals surface area (Å²) < 4.78 is 26.8. The van der Waals surface area contributed by atoms with E-state index in [0.29, 0.717) is 11.6 Å². The Bertz CT molecular complexity index is 887. The molecule has 2 saturated carbocycles. The minimum atomic E-state index is -3.26. The average molecular weight is 405 g/mol. The Morgan fingerprint density at radius 3 is 2.36 bits per heavy atom. The number of sulfonamides is 1. The van der Waals surface area contributed by atoms with Crippen molar-refractivity contribution in [2.24, 2.45) is 10.8 Å². The molecule has 2 unspecified atom stereocenters. The molecule has 1 heterocycles. The summed E-state index contributed by atoms with van der Waals surface area (Å²) in [4.78, 5) is 15.3. The molecule has 4 rings (SSSR count). The van der Waals surface area contributed by atoms with Gasteiger partial charge in [-0.05, 0) is 67.6 Å². The van der Waals surface area contributed by atoms with Gasteiger partial charge in [0.15, 0.2) is 0 Å². The third kappa shape index (κ3) is 3.61. The smallest absolute Gasteiger partial charge is 0.254 e. The summed E-state index contributed by atoms with van der Waals surface area (Å²) in [5, 5.41) is 0. The molecule has 1 aliphatic heterocycles. The molecular formula is C22H32N2O3S. The first-order valence-electron chi connectivity index (χ1n) is 10.4. The largest absolute Gasteiger partial charge is 0.335 e. The van der Waals surface area contributed by atoms with Crippen LogP contribution in [-0.2, 0) is 15.6 Å². The summed E-state index contributed by atoms with van der Waals surface area (Å²) in [5.41, 5.74) is 1.68. The fourth-order valence-electron chi connectivity index (χ4n) is 5.74. The molecule has 5 nitrogen and oxygen atoms in total. The molecule has 2 bridgehead atoms. The molecule has 2 atom stereocenters. The summed E-state index contributed by atoms with van der Waals surface area (Å²) in [6.07, 6.45) is 4.94. The highest BCUT2D eigenvalue weighted by Gasteiger charge is 2.51. The minimum absolute atomic E-state index is 0.0801. The quantitative estimate of drug-likeness (QED) is 0.814. The number of carbonyl (C=O) groups excluding carboxylic acids is 1. The lowest BCUT2D eigenvalue weighted by Crippen LogP contribution is -2.38. The van der Waals surface area contributed by atoms with Gasteiger partial charge >= 0.3 is 0 Å². The molecule has 1 N–H and O–H groups in total. The van der Waals surface area contributed by atoms with Gasteiger partial charge in [-0.1, -0.05) is 32.9 Å². The van der Waals surface area contributed by atoms with Gasteiger partial charge in [0.2, 0.25) is 10.0 Å². The van der Waals surface area contributed by atoms with Crippen molar-refractivity contribution in [1.82, 2.24) is 9.62 Å². The van der Waals surface area contributed by atoms with E-state index in [-0.39, 0.29) is 22.5 Å². The third-order valence-electron chi connectivity index (χ3n) is 6.84. The van der Waals surface area contributed by atoms with Crippen molar-refractivity contribution in [3.63, 3.8) is 0 Å². The molecular weight excluding hydrogens is 372 g/mol. The Hall–Kier alpha value is -1.40. The normalized spacial score (nSPS) is 30.3. The second-order valence-electron chi connectivity index (χ2n) is 10.3.